The second-order valence-corrected chi connectivity index (χ2v) is 11.4. The maximum absolute atomic E-state index is 13.2. The van der Waals surface area contributed by atoms with Crippen LogP contribution in [0.15, 0.2) is 0 Å². The van der Waals surface area contributed by atoms with Crippen molar-refractivity contribution in [2.75, 3.05) is 26.0 Å². The van der Waals surface area contributed by atoms with Crippen LogP contribution in [0.3, 0.4) is 0 Å². The first-order chi connectivity index (χ1) is 14.4. The van der Waals surface area contributed by atoms with E-state index in [2.05, 4.69) is 10.0 Å². The molecule has 0 unspecified atom stereocenters. The van der Waals surface area contributed by atoms with Crippen LogP contribution in [0.2, 0.25) is 0 Å². The summed E-state index contributed by atoms with van der Waals surface area (Å²) in [6.07, 6.45) is 6.95. The number of hydrogen-bond donors (Lipinski definition) is 3. The number of amides is 2. The van der Waals surface area contributed by atoms with Crippen molar-refractivity contribution >= 4 is 21.8 Å². The van der Waals surface area contributed by atoms with Crippen molar-refractivity contribution in [2.45, 2.75) is 89.4 Å². The fraction of sp³-hybridized carbons (Fsp3) is 0.905. The molecule has 9 nitrogen and oxygen atoms in total. The molecule has 1 aliphatic heterocycles. The minimum Gasteiger partial charge on any atom is -0.373 e. The van der Waals surface area contributed by atoms with E-state index in [1.54, 1.807) is 0 Å². The van der Waals surface area contributed by atoms with E-state index < -0.39 is 33.6 Å². The summed E-state index contributed by atoms with van der Waals surface area (Å²) in [7, 11) is -3.63. The molecule has 2 rings (SSSR count). The molecule has 0 aromatic heterocycles. The molecule has 2 fully saturated rings. The molecule has 2 amide bonds. The van der Waals surface area contributed by atoms with Gasteiger partial charge in [-0.1, -0.05) is 6.92 Å². The lowest BCUT2D eigenvalue weighted by Gasteiger charge is -2.31. The quantitative estimate of drug-likeness (QED) is 0.441. The summed E-state index contributed by atoms with van der Waals surface area (Å²) in [5.41, 5.74) is 5.46. The van der Waals surface area contributed by atoms with Crippen molar-refractivity contribution < 1.29 is 22.7 Å². The SMILES string of the molecule is CCC(C)(C)OC[C@H](NS(C)(=O)=O)C(=O)N1CCC[C@@H]1C(=O)NCC1CCC(N)CC1. The van der Waals surface area contributed by atoms with Gasteiger partial charge < -0.3 is 20.7 Å². The number of likely N-dealkylation sites (tertiary alicyclic amines) is 1. The molecule has 4 N–H and O–H groups in total. The third kappa shape index (κ3) is 8.32. The van der Waals surface area contributed by atoms with E-state index in [4.69, 9.17) is 10.5 Å². The number of nitrogens with zero attached hydrogens (tertiary/aromatic N) is 1. The molecule has 1 aliphatic carbocycles. The Labute approximate surface area is 186 Å². The van der Waals surface area contributed by atoms with Gasteiger partial charge in [-0.05, 0) is 64.7 Å². The molecule has 1 saturated carbocycles. The van der Waals surface area contributed by atoms with E-state index in [1.165, 1.54) is 4.90 Å². The predicted molar refractivity (Wildman–Crippen MR) is 120 cm³/mol. The highest BCUT2D eigenvalue weighted by Gasteiger charge is 2.38. The van der Waals surface area contributed by atoms with Crippen molar-refractivity contribution in [1.29, 1.82) is 0 Å². The van der Waals surface area contributed by atoms with E-state index in [9.17, 15) is 18.0 Å². The smallest absolute Gasteiger partial charge is 0.243 e. The molecular formula is C21H40N4O5S. The van der Waals surface area contributed by atoms with Crippen LogP contribution in [0.25, 0.3) is 0 Å². The van der Waals surface area contributed by atoms with Crippen LogP contribution in [0.5, 0.6) is 0 Å². The van der Waals surface area contributed by atoms with Gasteiger partial charge in [0.1, 0.15) is 12.1 Å². The van der Waals surface area contributed by atoms with Crippen molar-refractivity contribution in [3.63, 3.8) is 0 Å². The van der Waals surface area contributed by atoms with Crippen molar-refractivity contribution in [3.05, 3.63) is 0 Å². The molecule has 180 valence electrons. The normalized spacial score (nSPS) is 26.0. The van der Waals surface area contributed by atoms with E-state index in [0.29, 0.717) is 38.3 Å². The highest BCUT2D eigenvalue weighted by Crippen LogP contribution is 2.24. The number of hydrogen-bond acceptors (Lipinski definition) is 6. The molecule has 0 spiro atoms. The number of nitrogens with two attached hydrogens (primary N) is 1. The largest absolute Gasteiger partial charge is 0.373 e. The number of carbonyl (C=O) groups excluding carboxylic acids is 2. The summed E-state index contributed by atoms with van der Waals surface area (Å²) in [4.78, 5) is 27.5. The Morgan fingerprint density at radius 1 is 1.19 bits per heavy atom. The fourth-order valence-corrected chi connectivity index (χ4v) is 4.77. The van der Waals surface area contributed by atoms with Gasteiger partial charge in [-0.2, -0.15) is 0 Å². The maximum Gasteiger partial charge on any atom is 0.243 e. The molecule has 0 bridgehead atoms. The predicted octanol–water partition coefficient (Wildman–Crippen LogP) is 0.734. The number of sulfonamides is 1. The summed E-state index contributed by atoms with van der Waals surface area (Å²) in [5, 5.41) is 3.00. The Balaban J connectivity index is 2.00. The highest BCUT2D eigenvalue weighted by molar-refractivity contribution is 7.88. The molecule has 1 saturated heterocycles. The van der Waals surface area contributed by atoms with Crippen LogP contribution in [0.1, 0.15) is 65.7 Å². The lowest BCUT2D eigenvalue weighted by molar-refractivity contribution is -0.142. The van der Waals surface area contributed by atoms with E-state index in [-0.39, 0.29) is 18.6 Å². The van der Waals surface area contributed by atoms with Crippen LogP contribution in [0.4, 0.5) is 0 Å². The Hall–Kier alpha value is -1.23. The molecule has 1 heterocycles. The van der Waals surface area contributed by atoms with Gasteiger partial charge in [0, 0.05) is 19.1 Å². The van der Waals surface area contributed by atoms with Gasteiger partial charge in [-0.25, -0.2) is 13.1 Å². The van der Waals surface area contributed by atoms with Crippen LogP contribution < -0.4 is 15.8 Å². The summed E-state index contributed by atoms with van der Waals surface area (Å²) >= 11 is 0. The Morgan fingerprint density at radius 2 is 1.84 bits per heavy atom. The molecule has 31 heavy (non-hydrogen) atoms. The molecule has 2 atom stereocenters. The summed E-state index contributed by atoms with van der Waals surface area (Å²) < 4.78 is 31.9. The first-order valence-electron chi connectivity index (χ1n) is 11.4. The van der Waals surface area contributed by atoms with Gasteiger partial charge in [-0.15, -0.1) is 0 Å². The van der Waals surface area contributed by atoms with Crippen molar-refractivity contribution in [2.24, 2.45) is 11.7 Å². The summed E-state index contributed by atoms with van der Waals surface area (Å²) in [6, 6.07) is -1.38. The lowest BCUT2D eigenvalue weighted by atomic mass is 9.86. The average Bonchev–Trinajstić information content (AvgIpc) is 3.19. The minimum absolute atomic E-state index is 0.0834. The first kappa shape index (κ1) is 26.0. The monoisotopic (exact) mass is 460 g/mol. The highest BCUT2D eigenvalue weighted by atomic mass is 32.2. The molecule has 2 aliphatic rings. The molecular weight excluding hydrogens is 420 g/mol. The second-order valence-electron chi connectivity index (χ2n) is 9.58. The third-order valence-electron chi connectivity index (χ3n) is 6.44. The van der Waals surface area contributed by atoms with E-state index >= 15 is 0 Å². The molecule has 0 radical (unpaired) electrons. The zero-order valence-electron chi connectivity index (χ0n) is 19.4. The third-order valence-corrected chi connectivity index (χ3v) is 7.15. The minimum atomic E-state index is -3.63. The number of carbonyl (C=O) groups is 2. The van der Waals surface area contributed by atoms with Gasteiger partial charge in [0.25, 0.3) is 0 Å². The van der Waals surface area contributed by atoms with Gasteiger partial charge in [0.2, 0.25) is 21.8 Å². The molecule has 10 heteroatoms. The van der Waals surface area contributed by atoms with Crippen LogP contribution >= 0.6 is 0 Å². The average molecular weight is 461 g/mol. The first-order valence-corrected chi connectivity index (χ1v) is 13.3. The zero-order chi connectivity index (χ0) is 23.2. The Morgan fingerprint density at radius 3 is 2.42 bits per heavy atom. The van der Waals surface area contributed by atoms with Crippen LogP contribution in [-0.4, -0.2) is 74.8 Å². The van der Waals surface area contributed by atoms with E-state index in [0.717, 1.165) is 31.9 Å². The molecule has 0 aromatic rings. The topological polar surface area (TPSA) is 131 Å². The van der Waals surface area contributed by atoms with Gasteiger partial charge in [0.05, 0.1) is 18.5 Å². The Kier molecular flexibility index (Phi) is 9.29. The summed E-state index contributed by atoms with van der Waals surface area (Å²) in [6.45, 7) is 6.66. The van der Waals surface area contributed by atoms with Gasteiger partial charge >= 0.3 is 0 Å². The van der Waals surface area contributed by atoms with E-state index in [1.807, 2.05) is 20.8 Å². The Bertz CT molecular complexity index is 719. The maximum atomic E-state index is 13.2. The van der Waals surface area contributed by atoms with Gasteiger partial charge in [-0.3, -0.25) is 9.59 Å². The summed E-state index contributed by atoms with van der Waals surface area (Å²) in [5.74, 6) is -0.175. The number of nitrogens with one attached hydrogen (secondary N) is 2. The van der Waals surface area contributed by atoms with Crippen LogP contribution in [0, 0.1) is 5.92 Å². The van der Waals surface area contributed by atoms with Gasteiger partial charge in [0.15, 0.2) is 0 Å². The second kappa shape index (κ2) is 11.1. The zero-order valence-corrected chi connectivity index (χ0v) is 20.2. The van der Waals surface area contributed by atoms with Crippen molar-refractivity contribution in [3.8, 4) is 0 Å². The van der Waals surface area contributed by atoms with Crippen LogP contribution in [-0.2, 0) is 24.3 Å². The van der Waals surface area contributed by atoms with Crippen molar-refractivity contribution in [1.82, 2.24) is 14.9 Å². The fourth-order valence-electron chi connectivity index (χ4n) is 4.08. The number of rotatable bonds is 10. The lowest BCUT2D eigenvalue weighted by Crippen LogP contribution is -2.55. The molecule has 0 aromatic carbocycles. The number of ether oxygens (including phenoxy) is 1. The standard InChI is InChI=1S/C21H40N4O5S/c1-5-21(2,3)30-14-17(24-31(4,28)29)20(27)25-12-6-7-18(25)19(26)23-13-15-8-10-16(22)11-9-15/h15-18,24H,5-14,22H2,1-4H3,(H,23,26)/t15?,16?,17-,18+/m0/s1.